The second-order valence-corrected chi connectivity index (χ2v) is 9.18. The molecule has 0 fully saturated rings. The molecule has 0 spiro atoms. The fourth-order valence-electron chi connectivity index (χ4n) is 3.27. The molecule has 0 saturated carbocycles. The lowest BCUT2D eigenvalue weighted by Crippen LogP contribution is -2.28. The van der Waals surface area contributed by atoms with Crippen molar-refractivity contribution >= 4 is 44.1 Å². The van der Waals surface area contributed by atoms with Crippen LogP contribution in [0.15, 0.2) is 78.9 Å². The van der Waals surface area contributed by atoms with E-state index in [2.05, 4.69) is 25.3 Å². The summed E-state index contributed by atoms with van der Waals surface area (Å²) in [6.07, 6.45) is 0. The zero-order valence-corrected chi connectivity index (χ0v) is 19.0. The van der Waals surface area contributed by atoms with Crippen LogP contribution in [0.5, 0.6) is 0 Å². The zero-order chi connectivity index (χ0) is 23.1. The van der Waals surface area contributed by atoms with E-state index < -0.39 is 10.0 Å². The number of nitrogens with one attached hydrogen (secondary N) is 3. The normalized spacial score (nSPS) is 11.4. The van der Waals surface area contributed by atoms with Crippen LogP contribution in [0.4, 0.5) is 23.1 Å². The van der Waals surface area contributed by atoms with Gasteiger partial charge >= 0.3 is 0 Å². The number of aromatic nitrogens is 2. The summed E-state index contributed by atoms with van der Waals surface area (Å²) in [6.45, 7) is 0.575. The Morgan fingerprint density at radius 3 is 2.27 bits per heavy atom. The number of ether oxygens (including phenoxy) is 1. The standard InChI is InChI=1S/C24H25N5O3S/c1-32-16-15-25-33(30,31)17-18-11-13-20(14-12-18)27-24-28-22-10-6-5-9-21(22)23(29-24)26-19-7-3-2-4-8-19/h2-14,25H,15-17H2,1H3,(H2,26,27,28,29). The van der Waals surface area contributed by atoms with E-state index in [0.29, 0.717) is 23.9 Å². The van der Waals surface area contributed by atoms with Gasteiger partial charge in [-0.1, -0.05) is 42.5 Å². The molecule has 3 aromatic carbocycles. The van der Waals surface area contributed by atoms with Crippen LogP contribution in [0.25, 0.3) is 10.9 Å². The highest BCUT2D eigenvalue weighted by atomic mass is 32.2. The molecule has 9 heteroatoms. The van der Waals surface area contributed by atoms with Crippen molar-refractivity contribution in [3.63, 3.8) is 0 Å². The van der Waals surface area contributed by atoms with Crippen molar-refractivity contribution in [3.8, 4) is 0 Å². The Morgan fingerprint density at radius 2 is 1.52 bits per heavy atom. The van der Waals surface area contributed by atoms with E-state index >= 15 is 0 Å². The van der Waals surface area contributed by atoms with Crippen LogP contribution in [0.3, 0.4) is 0 Å². The van der Waals surface area contributed by atoms with Gasteiger partial charge in [0.2, 0.25) is 16.0 Å². The van der Waals surface area contributed by atoms with Crippen molar-refractivity contribution in [1.82, 2.24) is 14.7 Å². The van der Waals surface area contributed by atoms with Gasteiger partial charge in [0, 0.05) is 30.4 Å². The van der Waals surface area contributed by atoms with Crippen molar-refractivity contribution in [2.24, 2.45) is 0 Å². The van der Waals surface area contributed by atoms with E-state index in [-0.39, 0.29) is 12.3 Å². The highest BCUT2D eigenvalue weighted by molar-refractivity contribution is 7.88. The van der Waals surface area contributed by atoms with Gasteiger partial charge in [-0.3, -0.25) is 0 Å². The summed E-state index contributed by atoms with van der Waals surface area (Å²) in [7, 11) is -1.89. The molecule has 1 aromatic heterocycles. The Morgan fingerprint density at radius 1 is 0.818 bits per heavy atom. The van der Waals surface area contributed by atoms with Crippen LogP contribution in [0.1, 0.15) is 5.56 Å². The third-order valence-electron chi connectivity index (χ3n) is 4.83. The summed E-state index contributed by atoms with van der Waals surface area (Å²) in [4.78, 5) is 9.28. The van der Waals surface area contributed by atoms with Crippen LogP contribution < -0.4 is 15.4 Å². The smallest absolute Gasteiger partial charge is 0.229 e. The molecular weight excluding hydrogens is 438 g/mol. The van der Waals surface area contributed by atoms with Gasteiger partial charge in [-0.05, 0) is 42.0 Å². The van der Waals surface area contributed by atoms with Crippen LogP contribution in [-0.2, 0) is 20.5 Å². The average Bonchev–Trinajstić information content (AvgIpc) is 2.81. The Kier molecular flexibility index (Phi) is 7.13. The predicted octanol–water partition coefficient (Wildman–Crippen LogP) is 4.18. The Hall–Kier alpha value is -3.53. The van der Waals surface area contributed by atoms with Crippen molar-refractivity contribution in [2.75, 3.05) is 30.9 Å². The lowest BCUT2D eigenvalue weighted by molar-refractivity contribution is 0.204. The number of methoxy groups -OCH3 is 1. The number of sulfonamides is 1. The maximum absolute atomic E-state index is 12.2. The van der Waals surface area contributed by atoms with Gasteiger partial charge in [-0.2, -0.15) is 4.98 Å². The molecule has 0 aliphatic heterocycles. The molecule has 0 bridgehead atoms. The maximum atomic E-state index is 12.2. The molecule has 33 heavy (non-hydrogen) atoms. The molecule has 1 heterocycles. The van der Waals surface area contributed by atoms with E-state index in [1.807, 2.05) is 66.7 Å². The first-order valence-electron chi connectivity index (χ1n) is 10.4. The highest BCUT2D eigenvalue weighted by Crippen LogP contribution is 2.26. The van der Waals surface area contributed by atoms with Gasteiger partial charge in [0.1, 0.15) is 5.82 Å². The fraction of sp³-hybridized carbons (Fsp3) is 0.167. The minimum absolute atomic E-state index is 0.103. The third-order valence-corrected chi connectivity index (χ3v) is 6.19. The monoisotopic (exact) mass is 463 g/mol. The zero-order valence-electron chi connectivity index (χ0n) is 18.2. The molecule has 0 aliphatic rings. The van der Waals surface area contributed by atoms with Crippen molar-refractivity contribution in [2.45, 2.75) is 5.75 Å². The molecule has 0 aliphatic carbocycles. The van der Waals surface area contributed by atoms with Crippen LogP contribution in [0.2, 0.25) is 0 Å². The van der Waals surface area contributed by atoms with Crippen molar-refractivity contribution in [3.05, 3.63) is 84.4 Å². The largest absolute Gasteiger partial charge is 0.383 e. The van der Waals surface area contributed by atoms with E-state index in [1.165, 1.54) is 7.11 Å². The highest BCUT2D eigenvalue weighted by Gasteiger charge is 2.12. The summed E-state index contributed by atoms with van der Waals surface area (Å²) < 4.78 is 31.7. The molecule has 0 radical (unpaired) electrons. The Balaban J connectivity index is 1.52. The van der Waals surface area contributed by atoms with E-state index in [1.54, 1.807) is 12.1 Å². The van der Waals surface area contributed by atoms with Gasteiger partial charge in [-0.25, -0.2) is 18.1 Å². The number of hydrogen-bond acceptors (Lipinski definition) is 7. The molecule has 0 atom stereocenters. The molecule has 0 unspecified atom stereocenters. The molecule has 4 aromatic rings. The Bertz CT molecular complexity index is 1310. The first kappa shape index (κ1) is 22.7. The van der Waals surface area contributed by atoms with E-state index in [4.69, 9.17) is 4.74 Å². The maximum Gasteiger partial charge on any atom is 0.229 e. The summed E-state index contributed by atoms with van der Waals surface area (Å²) in [5.41, 5.74) is 3.16. The molecule has 3 N–H and O–H groups in total. The molecule has 8 nitrogen and oxygen atoms in total. The number of benzene rings is 3. The number of fused-ring (bicyclic) bond motifs is 1. The number of nitrogens with zero attached hydrogens (tertiary/aromatic N) is 2. The quantitative estimate of drug-likeness (QED) is 0.303. The third kappa shape index (κ3) is 6.26. The second-order valence-electron chi connectivity index (χ2n) is 7.37. The SMILES string of the molecule is COCCNS(=O)(=O)Cc1ccc(Nc2nc(Nc3ccccc3)c3ccccc3n2)cc1. The first-order valence-corrected chi connectivity index (χ1v) is 12.1. The summed E-state index contributed by atoms with van der Waals surface area (Å²) >= 11 is 0. The summed E-state index contributed by atoms with van der Waals surface area (Å²) in [5.74, 6) is 1.03. The van der Waals surface area contributed by atoms with Crippen LogP contribution in [-0.4, -0.2) is 38.6 Å². The lowest BCUT2D eigenvalue weighted by Gasteiger charge is -2.12. The number of para-hydroxylation sites is 2. The minimum atomic E-state index is -3.42. The summed E-state index contributed by atoms with van der Waals surface area (Å²) in [5, 5.41) is 7.48. The fourth-order valence-corrected chi connectivity index (χ4v) is 4.40. The minimum Gasteiger partial charge on any atom is -0.383 e. The van der Waals surface area contributed by atoms with Gasteiger partial charge in [0.05, 0.1) is 17.9 Å². The average molecular weight is 464 g/mol. The molecular formula is C24H25N5O3S. The van der Waals surface area contributed by atoms with E-state index in [0.717, 1.165) is 22.3 Å². The number of anilines is 4. The van der Waals surface area contributed by atoms with Gasteiger partial charge in [0.25, 0.3) is 0 Å². The van der Waals surface area contributed by atoms with Crippen molar-refractivity contribution in [1.29, 1.82) is 0 Å². The molecule has 0 amide bonds. The topological polar surface area (TPSA) is 105 Å². The first-order chi connectivity index (χ1) is 16.0. The number of hydrogen-bond donors (Lipinski definition) is 3. The molecule has 4 rings (SSSR count). The van der Waals surface area contributed by atoms with Crippen LogP contribution >= 0.6 is 0 Å². The Labute approximate surface area is 193 Å². The number of rotatable bonds is 10. The lowest BCUT2D eigenvalue weighted by atomic mass is 10.2. The second kappa shape index (κ2) is 10.4. The molecule has 0 saturated heterocycles. The van der Waals surface area contributed by atoms with E-state index in [9.17, 15) is 8.42 Å². The van der Waals surface area contributed by atoms with Crippen LogP contribution in [0, 0.1) is 0 Å². The summed E-state index contributed by atoms with van der Waals surface area (Å²) in [6, 6.07) is 24.8. The molecule has 170 valence electrons. The van der Waals surface area contributed by atoms with Gasteiger partial charge in [0.15, 0.2) is 0 Å². The van der Waals surface area contributed by atoms with Gasteiger partial charge < -0.3 is 15.4 Å². The predicted molar refractivity (Wildman–Crippen MR) is 131 cm³/mol. The van der Waals surface area contributed by atoms with Gasteiger partial charge in [-0.15, -0.1) is 0 Å². The van der Waals surface area contributed by atoms with Crippen molar-refractivity contribution < 1.29 is 13.2 Å².